The van der Waals surface area contributed by atoms with Gasteiger partial charge in [-0.05, 0) is 31.4 Å². The second kappa shape index (κ2) is 8.96. The van der Waals surface area contributed by atoms with Gasteiger partial charge in [0.05, 0.1) is 0 Å². The number of fused-ring (bicyclic) bond motifs is 1. The van der Waals surface area contributed by atoms with Crippen LogP contribution in [0.3, 0.4) is 0 Å². The van der Waals surface area contributed by atoms with Crippen molar-refractivity contribution in [3.05, 3.63) is 109 Å². The molecule has 0 radical (unpaired) electrons. The predicted octanol–water partition coefficient (Wildman–Crippen LogP) is 4.39. The maximum absolute atomic E-state index is 14.6. The van der Waals surface area contributed by atoms with Crippen molar-refractivity contribution in [2.75, 3.05) is 22.7 Å². The van der Waals surface area contributed by atoms with Crippen LogP contribution in [0.25, 0.3) is 0 Å². The second-order valence-electron chi connectivity index (χ2n) is 8.31. The van der Waals surface area contributed by atoms with Crippen molar-refractivity contribution in [2.45, 2.75) is 13.8 Å². The van der Waals surface area contributed by atoms with Gasteiger partial charge >= 0.3 is 6.98 Å². The topological polar surface area (TPSA) is 23.6 Å². The van der Waals surface area contributed by atoms with Gasteiger partial charge in [-0.25, -0.2) is 0 Å². The van der Waals surface area contributed by atoms with Crippen LogP contribution < -0.4 is 31.0 Å². The van der Waals surface area contributed by atoms with Gasteiger partial charge in [0.1, 0.15) is 0 Å². The van der Waals surface area contributed by atoms with Crippen molar-refractivity contribution in [1.29, 1.82) is 0 Å². The lowest BCUT2D eigenvalue weighted by molar-refractivity contribution is 0.592. The molecular weight excluding hydrogens is 422 g/mol. The summed E-state index contributed by atoms with van der Waals surface area (Å²) in [7, 11) is -2.96. The fourth-order valence-electron chi connectivity index (χ4n) is 5.01. The summed E-state index contributed by atoms with van der Waals surface area (Å²) in [6.45, 7) is 6.39. The first-order valence-corrected chi connectivity index (χ1v) is 13.3. The van der Waals surface area contributed by atoms with Crippen molar-refractivity contribution in [1.82, 2.24) is 0 Å². The Hall–Kier alpha value is -3.23. The van der Waals surface area contributed by atoms with Gasteiger partial charge < -0.3 is 14.2 Å². The van der Waals surface area contributed by atoms with E-state index in [4.69, 9.17) is 0 Å². The van der Waals surface area contributed by atoms with Crippen LogP contribution in [-0.4, -0.2) is 20.1 Å². The van der Waals surface area contributed by atoms with Gasteiger partial charge in [-0.1, -0.05) is 97.1 Å². The zero-order valence-corrected chi connectivity index (χ0v) is 20.0. The van der Waals surface area contributed by atoms with Gasteiger partial charge in [-0.2, -0.15) is 0 Å². The highest BCUT2D eigenvalue weighted by atomic mass is 31.2. The van der Waals surface area contributed by atoms with Crippen LogP contribution in [-0.2, 0) is 4.57 Å². The molecule has 0 saturated carbocycles. The van der Waals surface area contributed by atoms with Crippen molar-refractivity contribution in [2.24, 2.45) is 0 Å². The van der Waals surface area contributed by atoms with E-state index in [9.17, 15) is 4.57 Å². The molecule has 33 heavy (non-hydrogen) atoms. The Balaban J connectivity index is 1.58. The Morgan fingerprint density at radius 1 is 0.576 bits per heavy atom. The molecule has 0 atom stereocenters. The average Bonchev–Trinajstić information content (AvgIpc) is 3.23. The minimum Gasteiger partial charge on any atom is -0.391 e. The molecule has 4 aromatic rings. The molecule has 0 spiro atoms. The normalized spacial score (nSPS) is 13.3. The third kappa shape index (κ3) is 3.59. The van der Waals surface area contributed by atoms with Crippen LogP contribution in [0.4, 0.5) is 11.4 Å². The standard InChI is InChI=1S/C28H28BN2OP/c1-3-30-27-17-11-12-18-28(27)31(4-2)29(30)23-19-21-26(22-20-23)33(32,24-13-7-5-8-14-24)25-15-9-6-10-16-25/h5-22H,3-4H2,1-2H3. The number of hydrogen-bond donors (Lipinski definition) is 0. The summed E-state index contributed by atoms with van der Waals surface area (Å²) in [4.78, 5) is 4.89. The van der Waals surface area contributed by atoms with Crippen LogP contribution in [0.1, 0.15) is 13.8 Å². The summed E-state index contributed by atoms with van der Waals surface area (Å²) in [5.74, 6) is 0. The summed E-state index contributed by atoms with van der Waals surface area (Å²) in [6.07, 6.45) is 0. The van der Waals surface area contributed by atoms with Crippen molar-refractivity contribution >= 4 is 46.9 Å². The maximum Gasteiger partial charge on any atom is 0.411 e. The number of rotatable bonds is 6. The molecule has 0 saturated heterocycles. The smallest absolute Gasteiger partial charge is 0.391 e. The summed E-state index contributed by atoms with van der Waals surface area (Å²) in [5, 5.41) is 2.59. The van der Waals surface area contributed by atoms with E-state index in [0.29, 0.717) is 0 Å². The van der Waals surface area contributed by atoms with Crippen molar-refractivity contribution < 1.29 is 4.57 Å². The molecule has 4 aromatic carbocycles. The molecule has 0 aromatic heterocycles. The summed E-state index contributed by atoms with van der Waals surface area (Å²) < 4.78 is 14.6. The molecule has 0 amide bonds. The minimum atomic E-state index is -2.96. The lowest BCUT2D eigenvalue weighted by Crippen LogP contribution is -2.56. The Labute approximate surface area is 197 Å². The largest absolute Gasteiger partial charge is 0.411 e. The molecule has 0 bridgehead atoms. The lowest BCUT2D eigenvalue weighted by Gasteiger charge is -2.28. The summed E-state index contributed by atoms with van der Waals surface area (Å²) >= 11 is 0. The van der Waals surface area contributed by atoms with E-state index in [2.05, 4.69) is 72.0 Å². The predicted molar refractivity (Wildman–Crippen MR) is 144 cm³/mol. The van der Waals surface area contributed by atoms with Crippen LogP contribution >= 0.6 is 7.14 Å². The fraction of sp³-hybridized carbons (Fsp3) is 0.143. The number of anilines is 2. The highest BCUT2D eigenvalue weighted by molar-refractivity contribution is 7.85. The van der Waals surface area contributed by atoms with Crippen LogP contribution in [0.5, 0.6) is 0 Å². The molecule has 5 heteroatoms. The number of benzene rings is 4. The maximum atomic E-state index is 14.6. The third-order valence-electron chi connectivity index (χ3n) is 6.57. The Bertz CT molecular complexity index is 1200. The van der Waals surface area contributed by atoms with Crippen molar-refractivity contribution in [3.8, 4) is 0 Å². The molecule has 1 aliphatic rings. The van der Waals surface area contributed by atoms with E-state index in [1.54, 1.807) is 0 Å². The monoisotopic (exact) mass is 450 g/mol. The zero-order chi connectivity index (χ0) is 22.8. The first kappa shape index (κ1) is 21.6. The molecule has 0 N–H and O–H groups in total. The molecule has 5 rings (SSSR count). The average molecular weight is 450 g/mol. The number of nitrogens with zero attached hydrogens (tertiary/aromatic N) is 2. The molecule has 164 valence electrons. The highest BCUT2D eigenvalue weighted by Gasteiger charge is 2.40. The highest BCUT2D eigenvalue weighted by Crippen LogP contribution is 2.42. The Morgan fingerprint density at radius 3 is 1.39 bits per heavy atom. The van der Waals surface area contributed by atoms with E-state index < -0.39 is 7.14 Å². The molecule has 3 nitrogen and oxygen atoms in total. The summed E-state index contributed by atoms with van der Waals surface area (Å²) in [5.41, 5.74) is 3.76. The SMILES string of the molecule is CCN1B(c2ccc(P(=O)(c3ccccc3)c3ccccc3)cc2)N(CC)c2ccccc21. The lowest BCUT2D eigenvalue weighted by atomic mass is 9.65. The molecule has 0 unspecified atom stereocenters. The van der Waals surface area contributed by atoms with Gasteiger partial charge in [-0.3, -0.25) is 0 Å². The molecule has 1 aliphatic heterocycles. The molecule has 0 aliphatic carbocycles. The first-order valence-electron chi connectivity index (χ1n) is 11.6. The second-order valence-corrected chi connectivity index (χ2v) is 11.1. The molecule has 0 fully saturated rings. The fourth-order valence-corrected chi connectivity index (χ4v) is 7.65. The van der Waals surface area contributed by atoms with Gasteiger partial charge in [0, 0.05) is 40.4 Å². The summed E-state index contributed by atoms with van der Waals surface area (Å²) in [6, 6.07) is 36.8. The zero-order valence-electron chi connectivity index (χ0n) is 19.1. The first-order chi connectivity index (χ1) is 16.2. The van der Waals surface area contributed by atoms with Crippen LogP contribution in [0.2, 0.25) is 0 Å². The van der Waals surface area contributed by atoms with E-state index in [1.165, 1.54) is 16.8 Å². The van der Waals surface area contributed by atoms with Gasteiger partial charge in [-0.15, -0.1) is 0 Å². The number of para-hydroxylation sites is 2. The van der Waals surface area contributed by atoms with Gasteiger partial charge in [0.25, 0.3) is 0 Å². The molecule has 1 heterocycles. The Kier molecular flexibility index (Phi) is 5.87. The van der Waals surface area contributed by atoms with E-state index >= 15 is 0 Å². The van der Waals surface area contributed by atoms with E-state index in [-0.39, 0.29) is 6.98 Å². The van der Waals surface area contributed by atoms with E-state index in [0.717, 1.165) is 29.0 Å². The van der Waals surface area contributed by atoms with Crippen LogP contribution in [0.15, 0.2) is 109 Å². The van der Waals surface area contributed by atoms with Crippen LogP contribution in [0, 0.1) is 0 Å². The minimum absolute atomic E-state index is 0.138. The van der Waals surface area contributed by atoms with E-state index in [1.807, 2.05) is 60.7 Å². The van der Waals surface area contributed by atoms with Crippen molar-refractivity contribution in [3.63, 3.8) is 0 Å². The Morgan fingerprint density at radius 2 is 0.970 bits per heavy atom. The molecular formula is C28H28BN2OP. The quantitative estimate of drug-likeness (QED) is 0.322. The number of hydrogen-bond acceptors (Lipinski definition) is 3. The van der Waals surface area contributed by atoms with Gasteiger partial charge in [0.2, 0.25) is 0 Å². The third-order valence-corrected chi connectivity index (χ3v) is 9.64. The van der Waals surface area contributed by atoms with Gasteiger partial charge in [0.15, 0.2) is 7.14 Å².